The third-order valence-corrected chi connectivity index (χ3v) is 2.64. The smallest absolute Gasteiger partial charge is 0.124 e. The largest absolute Gasteiger partial charge is 0.488 e. The van der Waals surface area contributed by atoms with Crippen LogP contribution in [-0.2, 0) is 4.74 Å². The first kappa shape index (κ1) is 14.0. The van der Waals surface area contributed by atoms with Gasteiger partial charge >= 0.3 is 0 Å². The van der Waals surface area contributed by atoms with Crippen molar-refractivity contribution in [2.24, 2.45) is 5.73 Å². The minimum atomic E-state index is 0.0329. The molecule has 0 radical (unpaired) electrons. The predicted molar refractivity (Wildman–Crippen MR) is 70.2 cm³/mol. The maximum Gasteiger partial charge on any atom is 0.124 e. The molecular weight excluding hydrogens is 214 g/mol. The molecule has 0 saturated carbocycles. The lowest BCUT2D eigenvalue weighted by molar-refractivity contribution is 0.0650. The Kier molecular flexibility index (Phi) is 6.01. The van der Waals surface area contributed by atoms with Gasteiger partial charge in [0.1, 0.15) is 11.9 Å². The second kappa shape index (κ2) is 7.30. The second-order valence-corrected chi connectivity index (χ2v) is 4.14. The molecule has 0 aromatic heterocycles. The Balaban J connectivity index is 2.69. The Morgan fingerprint density at radius 3 is 2.59 bits per heavy atom. The van der Waals surface area contributed by atoms with Gasteiger partial charge < -0.3 is 15.2 Å². The van der Waals surface area contributed by atoms with Crippen molar-refractivity contribution in [3.8, 4) is 5.75 Å². The number of hydrogen-bond acceptors (Lipinski definition) is 3. The number of nitrogens with two attached hydrogens (primary N) is 1. The van der Waals surface area contributed by atoms with Gasteiger partial charge in [-0.2, -0.15) is 0 Å². The van der Waals surface area contributed by atoms with E-state index in [0.717, 1.165) is 17.7 Å². The number of ether oxygens (including phenoxy) is 2. The number of rotatable bonds is 7. The average molecular weight is 237 g/mol. The van der Waals surface area contributed by atoms with E-state index in [1.54, 1.807) is 0 Å². The molecule has 0 aliphatic heterocycles. The maximum atomic E-state index is 6.06. The number of hydrogen-bond donors (Lipinski definition) is 1. The lowest BCUT2D eigenvalue weighted by atomic mass is 10.0. The summed E-state index contributed by atoms with van der Waals surface area (Å²) in [5.74, 6) is 0.869. The van der Waals surface area contributed by atoms with Crippen molar-refractivity contribution in [3.63, 3.8) is 0 Å². The van der Waals surface area contributed by atoms with E-state index >= 15 is 0 Å². The van der Waals surface area contributed by atoms with Crippen molar-refractivity contribution in [1.29, 1.82) is 0 Å². The molecule has 3 heteroatoms. The minimum absolute atomic E-state index is 0.0329. The molecule has 2 atom stereocenters. The van der Waals surface area contributed by atoms with E-state index in [1.807, 2.05) is 38.1 Å². The van der Waals surface area contributed by atoms with Gasteiger partial charge in [0.2, 0.25) is 0 Å². The van der Waals surface area contributed by atoms with Gasteiger partial charge in [0.05, 0.1) is 6.61 Å². The highest BCUT2D eigenvalue weighted by Crippen LogP contribution is 2.26. The molecule has 3 nitrogen and oxygen atoms in total. The zero-order valence-electron chi connectivity index (χ0n) is 11.0. The Morgan fingerprint density at radius 2 is 1.94 bits per heavy atom. The van der Waals surface area contributed by atoms with Crippen molar-refractivity contribution in [1.82, 2.24) is 0 Å². The van der Waals surface area contributed by atoms with Crippen LogP contribution in [0.2, 0.25) is 0 Å². The second-order valence-electron chi connectivity index (χ2n) is 4.14. The fourth-order valence-electron chi connectivity index (χ4n) is 1.65. The van der Waals surface area contributed by atoms with Crippen molar-refractivity contribution < 1.29 is 9.47 Å². The molecule has 1 aromatic rings. The molecule has 2 N–H and O–H groups in total. The molecule has 96 valence electrons. The zero-order chi connectivity index (χ0) is 12.7. The molecule has 1 rings (SSSR count). The Bertz CT molecular complexity index is 328. The normalized spacial score (nSPS) is 14.4. The third kappa shape index (κ3) is 4.36. The lowest BCUT2D eigenvalue weighted by Gasteiger charge is -2.19. The van der Waals surface area contributed by atoms with Crippen LogP contribution in [0.25, 0.3) is 0 Å². The van der Waals surface area contributed by atoms with Crippen LogP contribution >= 0.6 is 0 Å². The van der Waals surface area contributed by atoms with Gasteiger partial charge in [-0.1, -0.05) is 25.1 Å². The summed E-state index contributed by atoms with van der Waals surface area (Å²) in [6.07, 6.45) is 0.945. The number of para-hydroxylation sites is 1. The molecule has 0 spiro atoms. The van der Waals surface area contributed by atoms with Gasteiger partial charge in [0.15, 0.2) is 0 Å². The van der Waals surface area contributed by atoms with Crippen molar-refractivity contribution in [3.05, 3.63) is 29.8 Å². The van der Waals surface area contributed by atoms with Crippen LogP contribution in [-0.4, -0.2) is 19.3 Å². The SMILES string of the molecule is CCOCC(C)Oc1ccccc1[C@H](N)CC. The van der Waals surface area contributed by atoms with E-state index in [2.05, 4.69) is 6.92 Å². The first-order valence-electron chi connectivity index (χ1n) is 6.27. The van der Waals surface area contributed by atoms with Crippen LogP contribution in [0, 0.1) is 0 Å². The van der Waals surface area contributed by atoms with Gasteiger partial charge in [-0.15, -0.1) is 0 Å². The van der Waals surface area contributed by atoms with Crippen molar-refractivity contribution in [2.45, 2.75) is 39.3 Å². The monoisotopic (exact) mass is 237 g/mol. The minimum Gasteiger partial charge on any atom is -0.488 e. The summed E-state index contributed by atoms with van der Waals surface area (Å²) in [5, 5.41) is 0. The number of benzene rings is 1. The van der Waals surface area contributed by atoms with E-state index < -0.39 is 0 Å². The molecule has 1 unspecified atom stereocenters. The molecule has 0 aliphatic rings. The summed E-state index contributed by atoms with van der Waals surface area (Å²) in [6.45, 7) is 7.37. The summed E-state index contributed by atoms with van der Waals surface area (Å²) in [7, 11) is 0. The summed E-state index contributed by atoms with van der Waals surface area (Å²) < 4.78 is 11.2. The molecular formula is C14H23NO2. The third-order valence-electron chi connectivity index (χ3n) is 2.64. The fourth-order valence-corrected chi connectivity index (χ4v) is 1.65. The highest BCUT2D eigenvalue weighted by molar-refractivity contribution is 5.35. The van der Waals surface area contributed by atoms with E-state index in [4.69, 9.17) is 15.2 Å². The summed E-state index contributed by atoms with van der Waals surface area (Å²) in [5.41, 5.74) is 7.13. The first-order chi connectivity index (χ1) is 8.19. The highest BCUT2D eigenvalue weighted by atomic mass is 16.5. The van der Waals surface area contributed by atoms with Crippen LogP contribution in [0.15, 0.2) is 24.3 Å². The highest BCUT2D eigenvalue weighted by Gasteiger charge is 2.12. The quantitative estimate of drug-likeness (QED) is 0.793. The van der Waals surface area contributed by atoms with E-state index in [1.165, 1.54) is 0 Å². The van der Waals surface area contributed by atoms with Crippen LogP contribution in [0.3, 0.4) is 0 Å². The molecule has 0 bridgehead atoms. The predicted octanol–water partition coefficient (Wildman–Crippen LogP) is 2.90. The molecule has 1 aromatic carbocycles. The van der Waals surface area contributed by atoms with E-state index in [-0.39, 0.29) is 12.1 Å². The van der Waals surface area contributed by atoms with Gasteiger partial charge in [0, 0.05) is 18.2 Å². The lowest BCUT2D eigenvalue weighted by Crippen LogP contribution is -2.21. The standard InChI is InChI=1S/C14H23NO2/c1-4-13(15)12-8-6-7-9-14(12)17-11(3)10-16-5-2/h6-9,11,13H,4-5,10,15H2,1-3H3/t11?,13-/m1/s1. The first-order valence-corrected chi connectivity index (χ1v) is 6.27. The van der Waals surface area contributed by atoms with Gasteiger partial charge in [-0.25, -0.2) is 0 Å². The summed E-state index contributed by atoms with van der Waals surface area (Å²) >= 11 is 0. The van der Waals surface area contributed by atoms with Crippen LogP contribution < -0.4 is 10.5 Å². The Hall–Kier alpha value is -1.06. The van der Waals surface area contributed by atoms with Gasteiger partial charge in [-0.05, 0) is 26.3 Å². The molecule has 0 fully saturated rings. The van der Waals surface area contributed by atoms with Crippen molar-refractivity contribution >= 4 is 0 Å². The average Bonchev–Trinajstić information content (AvgIpc) is 2.36. The zero-order valence-corrected chi connectivity index (χ0v) is 11.0. The van der Waals surface area contributed by atoms with Crippen LogP contribution in [0.5, 0.6) is 5.75 Å². The molecule has 0 amide bonds. The van der Waals surface area contributed by atoms with E-state index in [0.29, 0.717) is 13.2 Å². The Labute approximate surface area is 104 Å². The molecule has 0 heterocycles. The summed E-state index contributed by atoms with van der Waals surface area (Å²) in [4.78, 5) is 0. The van der Waals surface area contributed by atoms with E-state index in [9.17, 15) is 0 Å². The van der Waals surface area contributed by atoms with Crippen LogP contribution in [0.4, 0.5) is 0 Å². The molecule has 17 heavy (non-hydrogen) atoms. The summed E-state index contributed by atoms with van der Waals surface area (Å²) in [6, 6.07) is 7.98. The maximum absolute atomic E-state index is 6.06. The topological polar surface area (TPSA) is 44.5 Å². The Morgan fingerprint density at radius 1 is 1.24 bits per heavy atom. The van der Waals surface area contributed by atoms with Crippen molar-refractivity contribution in [2.75, 3.05) is 13.2 Å². The van der Waals surface area contributed by atoms with Crippen LogP contribution in [0.1, 0.15) is 38.8 Å². The fraction of sp³-hybridized carbons (Fsp3) is 0.571. The molecule has 0 aliphatic carbocycles. The van der Waals surface area contributed by atoms with Gasteiger partial charge in [0.25, 0.3) is 0 Å². The molecule has 0 saturated heterocycles. The van der Waals surface area contributed by atoms with Gasteiger partial charge in [-0.3, -0.25) is 0 Å².